The third-order valence-corrected chi connectivity index (χ3v) is 4.55. The predicted octanol–water partition coefficient (Wildman–Crippen LogP) is 2.25. The van der Waals surface area contributed by atoms with Crippen molar-refractivity contribution in [2.75, 3.05) is 33.2 Å². The van der Waals surface area contributed by atoms with Gasteiger partial charge in [-0.25, -0.2) is 0 Å². The molecular formula is C15H21Cl2N3O. The molecule has 1 atom stereocenters. The molecule has 21 heavy (non-hydrogen) atoms. The Morgan fingerprint density at radius 2 is 2.19 bits per heavy atom. The maximum atomic E-state index is 12.3. The molecule has 1 aromatic rings. The van der Waals surface area contributed by atoms with Gasteiger partial charge in [-0.15, -0.1) is 0 Å². The molecule has 0 aromatic heterocycles. The van der Waals surface area contributed by atoms with E-state index in [9.17, 15) is 4.79 Å². The Balaban J connectivity index is 1.91. The van der Waals surface area contributed by atoms with Crippen molar-refractivity contribution in [2.45, 2.75) is 19.5 Å². The molecule has 0 saturated carbocycles. The van der Waals surface area contributed by atoms with Gasteiger partial charge in [0.15, 0.2) is 0 Å². The van der Waals surface area contributed by atoms with Crippen molar-refractivity contribution in [1.29, 1.82) is 0 Å². The Kier molecular flexibility index (Phi) is 5.88. The number of hydrogen-bond acceptors (Lipinski definition) is 3. The summed E-state index contributed by atoms with van der Waals surface area (Å²) in [4.78, 5) is 16.3. The van der Waals surface area contributed by atoms with Gasteiger partial charge < -0.3 is 10.2 Å². The lowest BCUT2D eigenvalue weighted by Crippen LogP contribution is -2.52. The highest BCUT2D eigenvalue weighted by atomic mass is 35.5. The summed E-state index contributed by atoms with van der Waals surface area (Å²) in [5.74, 6) is 0.120. The van der Waals surface area contributed by atoms with E-state index in [0.29, 0.717) is 29.2 Å². The average Bonchev–Trinajstić information content (AvgIpc) is 2.45. The second kappa shape index (κ2) is 7.45. The van der Waals surface area contributed by atoms with Crippen LogP contribution in [0.25, 0.3) is 0 Å². The number of rotatable bonds is 4. The smallest absolute Gasteiger partial charge is 0.236 e. The summed E-state index contributed by atoms with van der Waals surface area (Å²) in [6.45, 7) is 5.92. The molecule has 1 aliphatic rings. The quantitative estimate of drug-likeness (QED) is 0.920. The molecule has 1 saturated heterocycles. The summed E-state index contributed by atoms with van der Waals surface area (Å²) in [7, 11) is 1.82. The second-order valence-electron chi connectivity index (χ2n) is 5.52. The molecule has 1 amide bonds. The number of amides is 1. The van der Waals surface area contributed by atoms with E-state index in [1.54, 1.807) is 17.0 Å². The maximum Gasteiger partial charge on any atom is 0.236 e. The standard InChI is InChI=1S/C15H21Cl2N3O/c1-11-8-18-5-6-20(11)10-15(21)19(2)9-12-3-4-13(16)14(17)7-12/h3-4,7,11,18H,5-6,8-10H2,1-2H3/t11-/m0/s1. The molecule has 6 heteroatoms. The van der Waals surface area contributed by atoms with Crippen molar-refractivity contribution in [1.82, 2.24) is 15.1 Å². The van der Waals surface area contributed by atoms with Gasteiger partial charge in [0, 0.05) is 39.3 Å². The number of likely N-dealkylation sites (N-methyl/N-ethyl adjacent to an activating group) is 1. The second-order valence-corrected chi connectivity index (χ2v) is 6.34. The normalized spacial score (nSPS) is 19.5. The van der Waals surface area contributed by atoms with Crippen molar-refractivity contribution in [3.05, 3.63) is 33.8 Å². The first-order valence-corrected chi connectivity index (χ1v) is 7.85. The predicted molar refractivity (Wildman–Crippen MR) is 86.8 cm³/mol. The number of halogens is 2. The van der Waals surface area contributed by atoms with Crippen LogP contribution in [0.5, 0.6) is 0 Å². The van der Waals surface area contributed by atoms with Crippen molar-refractivity contribution in [3.8, 4) is 0 Å². The van der Waals surface area contributed by atoms with Gasteiger partial charge in [-0.1, -0.05) is 29.3 Å². The van der Waals surface area contributed by atoms with E-state index in [2.05, 4.69) is 17.1 Å². The van der Waals surface area contributed by atoms with Gasteiger partial charge in [-0.2, -0.15) is 0 Å². The van der Waals surface area contributed by atoms with Gasteiger partial charge in [0.25, 0.3) is 0 Å². The number of nitrogens with one attached hydrogen (secondary N) is 1. The van der Waals surface area contributed by atoms with Crippen LogP contribution in [-0.2, 0) is 11.3 Å². The van der Waals surface area contributed by atoms with Crippen LogP contribution in [0.2, 0.25) is 10.0 Å². The fraction of sp³-hybridized carbons (Fsp3) is 0.533. The van der Waals surface area contributed by atoms with Crippen molar-refractivity contribution < 1.29 is 4.79 Å². The van der Waals surface area contributed by atoms with Crippen molar-refractivity contribution in [3.63, 3.8) is 0 Å². The lowest BCUT2D eigenvalue weighted by molar-refractivity contribution is -0.132. The van der Waals surface area contributed by atoms with E-state index in [-0.39, 0.29) is 5.91 Å². The molecule has 0 radical (unpaired) electrons. The Labute approximate surface area is 136 Å². The molecule has 0 aliphatic carbocycles. The maximum absolute atomic E-state index is 12.3. The molecule has 0 spiro atoms. The topological polar surface area (TPSA) is 35.6 Å². The van der Waals surface area contributed by atoms with Crippen LogP contribution >= 0.6 is 23.2 Å². The number of carbonyl (C=O) groups excluding carboxylic acids is 1. The third kappa shape index (κ3) is 4.58. The minimum Gasteiger partial charge on any atom is -0.340 e. The lowest BCUT2D eigenvalue weighted by atomic mass is 10.2. The van der Waals surface area contributed by atoms with Gasteiger partial charge in [0.1, 0.15) is 0 Å². The molecule has 4 nitrogen and oxygen atoms in total. The van der Waals surface area contributed by atoms with Crippen LogP contribution in [0.15, 0.2) is 18.2 Å². The molecule has 1 aromatic carbocycles. The molecule has 0 bridgehead atoms. The first-order valence-electron chi connectivity index (χ1n) is 7.10. The molecule has 2 rings (SSSR count). The zero-order valence-corrected chi connectivity index (χ0v) is 13.9. The Hall–Kier alpha value is -0.810. The minimum atomic E-state index is 0.120. The highest BCUT2D eigenvalue weighted by Crippen LogP contribution is 2.23. The summed E-state index contributed by atoms with van der Waals surface area (Å²) < 4.78 is 0. The van der Waals surface area contributed by atoms with Gasteiger partial charge in [-0.3, -0.25) is 9.69 Å². The van der Waals surface area contributed by atoms with E-state index in [4.69, 9.17) is 23.2 Å². The molecule has 116 valence electrons. The minimum absolute atomic E-state index is 0.120. The zero-order chi connectivity index (χ0) is 15.4. The molecule has 1 heterocycles. The summed E-state index contributed by atoms with van der Waals surface area (Å²) in [6.07, 6.45) is 0. The third-order valence-electron chi connectivity index (χ3n) is 3.81. The van der Waals surface area contributed by atoms with Crippen LogP contribution in [-0.4, -0.2) is 55.0 Å². The number of piperazine rings is 1. The number of benzene rings is 1. The number of carbonyl (C=O) groups is 1. The first-order chi connectivity index (χ1) is 9.97. The SMILES string of the molecule is C[C@H]1CNCCN1CC(=O)N(C)Cc1ccc(Cl)c(Cl)c1. The lowest BCUT2D eigenvalue weighted by Gasteiger charge is -2.34. The molecule has 1 fully saturated rings. The van der Waals surface area contributed by atoms with E-state index < -0.39 is 0 Å². The highest BCUT2D eigenvalue weighted by molar-refractivity contribution is 6.42. The van der Waals surface area contributed by atoms with Gasteiger partial charge >= 0.3 is 0 Å². The van der Waals surface area contributed by atoms with Crippen LogP contribution in [0, 0.1) is 0 Å². The number of nitrogens with zero attached hydrogens (tertiary/aromatic N) is 2. The van der Waals surface area contributed by atoms with Gasteiger partial charge in [0.05, 0.1) is 16.6 Å². The Bertz CT molecular complexity index is 510. The largest absolute Gasteiger partial charge is 0.340 e. The van der Waals surface area contributed by atoms with Crippen LogP contribution in [0.3, 0.4) is 0 Å². The van der Waals surface area contributed by atoms with Crippen molar-refractivity contribution >= 4 is 29.1 Å². The molecule has 0 unspecified atom stereocenters. The monoisotopic (exact) mass is 329 g/mol. The fourth-order valence-corrected chi connectivity index (χ4v) is 2.73. The van der Waals surface area contributed by atoms with Crippen molar-refractivity contribution in [2.24, 2.45) is 0 Å². The summed E-state index contributed by atoms with van der Waals surface area (Å²) >= 11 is 11.9. The summed E-state index contributed by atoms with van der Waals surface area (Å²) in [6, 6.07) is 5.85. The van der Waals surface area contributed by atoms with E-state index in [1.807, 2.05) is 13.1 Å². The van der Waals surface area contributed by atoms with Gasteiger partial charge in [-0.05, 0) is 24.6 Å². The first kappa shape index (κ1) is 16.6. The average molecular weight is 330 g/mol. The highest BCUT2D eigenvalue weighted by Gasteiger charge is 2.21. The number of hydrogen-bond donors (Lipinski definition) is 1. The molecule has 1 aliphatic heterocycles. The van der Waals surface area contributed by atoms with Crippen LogP contribution < -0.4 is 5.32 Å². The van der Waals surface area contributed by atoms with E-state index >= 15 is 0 Å². The molecular weight excluding hydrogens is 309 g/mol. The van der Waals surface area contributed by atoms with E-state index in [1.165, 1.54) is 0 Å². The van der Waals surface area contributed by atoms with Crippen LogP contribution in [0.4, 0.5) is 0 Å². The van der Waals surface area contributed by atoms with Gasteiger partial charge in [0.2, 0.25) is 5.91 Å². The molecule has 1 N–H and O–H groups in total. The zero-order valence-electron chi connectivity index (χ0n) is 12.4. The van der Waals surface area contributed by atoms with Crippen LogP contribution in [0.1, 0.15) is 12.5 Å². The summed E-state index contributed by atoms with van der Waals surface area (Å²) in [5, 5.41) is 4.38. The Morgan fingerprint density at radius 1 is 1.43 bits per heavy atom. The fourth-order valence-electron chi connectivity index (χ4n) is 2.41. The Morgan fingerprint density at radius 3 is 2.86 bits per heavy atom. The summed E-state index contributed by atoms with van der Waals surface area (Å²) in [5.41, 5.74) is 0.980. The van der Waals surface area contributed by atoms with E-state index in [0.717, 1.165) is 25.2 Å².